The van der Waals surface area contributed by atoms with Gasteiger partial charge in [-0.3, -0.25) is 58.5 Å². The van der Waals surface area contributed by atoms with Crippen LogP contribution in [0.25, 0.3) is 0 Å². The summed E-state index contributed by atoms with van der Waals surface area (Å²) in [4.78, 5) is 120. The number of carboxylic acids is 7. The number of aromatic carboxylic acids is 1. The average Bonchev–Trinajstić information content (AvgIpc) is 0.927. The zero-order valence-electron chi connectivity index (χ0n) is 55.1. The Kier molecular flexibility index (Phi) is 92.4. The minimum Gasteiger partial charge on any atom is -0.481 e. The van der Waals surface area contributed by atoms with E-state index in [1.165, 1.54) is 12.1 Å². The molecule has 1 aromatic rings. The number of carboxylic acid groups (broad SMARTS) is 7. The zero-order chi connectivity index (χ0) is 80.1. The highest BCUT2D eigenvalue weighted by Crippen LogP contribution is 2.28. The number of aliphatic hydroxyl groups is 2. The molecule has 0 aliphatic heterocycles. The van der Waals surface area contributed by atoms with Crippen molar-refractivity contribution in [1.82, 2.24) is 0 Å². The SMILES string of the molecule is CC(C)(S)C(N)C(=O)O.CC(S)C(C(=O)O)C(C)S.NC(CCS)OC=O.NCCC(S)OC=O.O=C(O)C(S)C(S)C(=O)O.O=C(O)C1CCCCC1S.O=C(O)c1ccc(S)cc1.O=COC(S)C(S)C(=O)O.O=COCCCCC(S)CCS.O=COCCCS.OCC(O)CS. The number of ether oxygens (including phenoxy) is 5. The number of carbonyl (C=O) groups is 12. The molecule has 1 aromatic carbocycles. The number of thiol groups is 15. The number of nitrogens with two attached hydrogens (primary N) is 3. The minimum atomic E-state index is -1.29. The lowest BCUT2D eigenvalue weighted by atomic mass is 9.89. The lowest BCUT2D eigenvalue weighted by molar-refractivity contribution is -0.143. The van der Waals surface area contributed by atoms with E-state index in [9.17, 15) is 57.5 Å². The molecule has 100 heavy (non-hydrogen) atoms. The molecule has 15 N–H and O–H groups in total. The van der Waals surface area contributed by atoms with Crippen LogP contribution in [-0.4, -0.2) is 240 Å². The highest BCUT2D eigenvalue weighted by molar-refractivity contribution is 7.86. The normalized spacial score (nSPS) is 15.7. The van der Waals surface area contributed by atoms with E-state index in [2.05, 4.69) is 213 Å². The fraction of sp³-hybridized carbons (Fsp3) is 0.679. The Morgan fingerprint density at radius 3 is 1.30 bits per heavy atom. The largest absolute Gasteiger partial charge is 0.481 e. The van der Waals surface area contributed by atoms with Gasteiger partial charge in [0.1, 0.15) is 27.2 Å². The smallest absolute Gasteiger partial charge is 0.335 e. The van der Waals surface area contributed by atoms with Gasteiger partial charge in [0.2, 0.25) is 0 Å². The second kappa shape index (κ2) is 79.5. The molecule has 29 nitrogen and oxygen atoms in total. The van der Waals surface area contributed by atoms with E-state index in [1.54, 1.807) is 39.8 Å². The lowest BCUT2D eigenvalue weighted by Gasteiger charge is -2.23. The number of hydrogen-bond acceptors (Lipinski definition) is 37. The third kappa shape index (κ3) is 83.2. The molecule has 0 radical (unpaired) electrons. The highest BCUT2D eigenvalue weighted by atomic mass is 32.1. The van der Waals surface area contributed by atoms with Crippen molar-refractivity contribution >= 4 is 264 Å². The molecule has 1 aliphatic rings. The third-order valence-electron chi connectivity index (χ3n) is 10.8. The molecular formula is C56H103N3O26S15. The molecule has 0 amide bonds. The first-order valence-corrected chi connectivity index (χ1v) is 37.1. The van der Waals surface area contributed by atoms with Crippen molar-refractivity contribution in [2.75, 3.05) is 49.4 Å². The van der Waals surface area contributed by atoms with Crippen LogP contribution in [0, 0.1) is 11.8 Å². The Bertz CT molecular complexity index is 2200. The standard InChI is InChI=1S/C8H16O2S2.C7H6O2S.C7H12O2S.C6H12O2S2.C5H11NO2S.2C4H9NO2S.2C4H6O4S2.C4H8O2S.C3H8O2S/c9-7-10-5-2-1-3-8(12)4-6-11;8-7(9)5-1-3-6(10)4-2-5;8-7(9)5-3-1-2-4-6(5)10;1-3(9)5(4(2)10)6(7)8;1-5(2,9)3(6)4(7)8;5-4(1-2-8)7-3-6;5-2-1-4(8)7-3-6;5-1-8-4(10)2(9)3(6)7;5-3(6)1(9)2(10)4(7)8;5-4-6-2-1-3-7;4-1-3(5)2-6/h7-8,11-12H,1-6H2;1-4,10H,(H,8,9);5-6,10H,1-4H2,(H,8,9);3-5,9-10H,1-2H3,(H,7,8);3,9H,6H2,1-2H3,(H,7,8);2*3-4,8H,1-2,5H2;1-2,4,9-10H,(H,6,7);1-2,9-10H,(H,5,6)(H,7,8);4,7H,1-3H2;3-6H,1-2H2. The predicted molar refractivity (Wildman–Crippen MR) is 433 cm³/mol. The molecule has 588 valence electrons. The summed E-state index contributed by atoms with van der Waals surface area (Å²) in [6, 6.07) is 5.43. The van der Waals surface area contributed by atoms with E-state index in [-0.39, 0.29) is 45.7 Å². The fourth-order valence-electron chi connectivity index (χ4n) is 5.35. The van der Waals surface area contributed by atoms with E-state index in [4.69, 9.17) is 63.2 Å². The first kappa shape index (κ1) is 116. The van der Waals surface area contributed by atoms with Gasteiger partial charge < -0.3 is 81.1 Å². The number of unbranched alkanes of at least 4 members (excludes halogenated alkanes) is 1. The first-order valence-electron chi connectivity index (χ1n) is 29.0. The average molecular weight is 1720 g/mol. The van der Waals surface area contributed by atoms with Gasteiger partial charge in [0.05, 0.1) is 43.3 Å². The van der Waals surface area contributed by atoms with Crippen molar-refractivity contribution in [3.05, 3.63) is 29.8 Å². The predicted octanol–water partition coefficient (Wildman–Crippen LogP) is 5.44. The van der Waals surface area contributed by atoms with Gasteiger partial charge in [-0.05, 0) is 107 Å². The second-order valence-corrected chi connectivity index (χ2v) is 28.8. The van der Waals surface area contributed by atoms with E-state index in [0.717, 1.165) is 74.2 Å². The van der Waals surface area contributed by atoms with Crippen molar-refractivity contribution in [2.45, 2.75) is 174 Å². The number of rotatable bonds is 36. The highest BCUT2D eigenvalue weighted by Gasteiger charge is 2.30. The molecule has 0 saturated heterocycles. The van der Waals surface area contributed by atoms with Crippen LogP contribution in [0.4, 0.5) is 0 Å². The second-order valence-electron chi connectivity index (χ2n) is 19.7. The molecule has 0 bridgehead atoms. The van der Waals surface area contributed by atoms with Crippen LogP contribution in [0.2, 0.25) is 0 Å². The van der Waals surface area contributed by atoms with Crippen LogP contribution in [0.5, 0.6) is 0 Å². The fourth-order valence-corrected chi connectivity index (χ4v) is 9.00. The molecule has 1 aliphatic carbocycles. The Labute approximate surface area is 667 Å². The molecule has 2 rings (SSSR count). The van der Waals surface area contributed by atoms with Gasteiger partial charge in [-0.15, -0.1) is 37.9 Å². The van der Waals surface area contributed by atoms with Gasteiger partial charge in [0, 0.05) is 49.2 Å². The molecular weight excluding hydrogens is 1610 g/mol. The maximum Gasteiger partial charge on any atom is 0.335 e. The number of benzene rings is 1. The molecule has 0 heterocycles. The Balaban J connectivity index is -0.000000131. The summed E-state index contributed by atoms with van der Waals surface area (Å²) >= 11 is 58.3. The van der Waals surface area contributed by atoms with Crippen molar-refractivity contribution < 1.29 is 127 Å². The molecule has 44 heteroatoms. The Hall–Kier alpha value is -2.09. The summed E-state index contributed by atoms with van der Waals surface area (Å²) in [6.07, 6.45) is 8.98. The number of carbonyl (C=O) groups excluding carboxylic acids is 5. The van der Waals surface area contributed by atoms with Crippen LogP contribution >= 0.6 is 189 Å². The van der Waals surface area contributed by atoms with Gasteiger partial charge in [-0.2, -0.15) is 152 Å². The summed E-state index contributed by atoms with van der Waals surface area (Å²) in [5, 5.41) is 71.8. The third-order valence-corrected chi connectivity index (χ3v) is 17.2. The molecule has 1 fully saturated rings. The van der Waals surface area contributed by atoms with Gasteiger partial charge in [-0.25, -0.2) is 4.79 Å². The number of aliphatic hydroxyl groups excluding tert-OH is 2. The molecule has 1 saturated carbocycles. The Morgan fingerprint density at radius 2 is 1.03 bits per heavy atom. The van der Waals surface area contributed by atoms with E-state index in [1.807, 2.05) is 0 Å². The topological polar surface area (TPSA) is 511 Å². The van der Waals surface area contributed by atoms with Crippen molar-refractivity contribution in [2.24, 2.45) is 29.0 Å². The maximum absolute atomic E-state index is 10.5. The molecule has 0 spiro atoms. The van der Waals surface area contributed by atoms with Crippen molar-refractivity contribution in [3.63, 3.8) is 0 Å². The van der Waals surface area contributed by atoms with Crippen LogP contribution in [0.3, 0.4) is 0 Å². The monoisotopic (exact) mass is 1710 g/mol. The zero-order valence-corrected chi connectivity index (χ0v) is 68.5. The summed E-state index contributed by atoms with van der Waals surface area (Å²) in [6.45, 7) is 9.94. The minimum absolute atomic E-state index is 0.0891. The summed E-state index contributed by atoms with van der Waals surface area (Å²) in [5.41, 5.74) is 14.5. The van der Waals surface area contributed by atoms with Crippen molar-refractivity contribution in [1.29, 1.82) is 0 Å². The van der Waals surface area contributed by atoms with Gasteiger partial charge in [0.25, 0.3) is 32.4 Å². The first-order chi connectivity index (χ1) is 46.4. The van der Waals surface area contributed by atoms with E-state index in [0.29, 0.717) is 75.2 Å². The maximum atomic E-state index is 10.5. The molecule has 0 aromatic heterocycles. The molecule has 13 unspecified atom stereocenters. The lowest BCUT2D eigenvalue weighted by Crippen LogP contribution is -2.45. The number of hydrogen-bond donors (Lipinski definition) is 27. The molecule has 13 atom stereocenters. The van der Waals surface area contributed by atoms with Gasteiger partial charge in [-0.1, -0.05) is 26.7 Å². The van der Waals surface area contributed by atoms with Crippen molar-refractivity contribution in [3.8, 4) is 0 Å². The van der Waals surface area contributed by atoms with Gasteiger partial charge >= 0.3 is 41.8 Å². The van der Waals surface area contributed by atoms with Crippen LogP contribution < -0.4 is 17.2 Å². The van der Waals surface area contributed by atoms with E-state index >= 15 is 0 Å². The van der Waals surface area contributed by atoms with Crippen LogP contribution in [0.15, 0.2) is 29.2 Å². The van der Waals surface area contributed by atoms with Gasteiger partial charge in [0.15, 0.2) is 11.7 Å². The van der Waals surface area contributed by atoms with E-state index < -0.39 is 92.0 Å². The van der Waals surface area contributed by atoms with Crippen LogP contribution in [0.1, 0.15) is 109 Å². The van der Waals surface area contributed by atoms with Crippen LogP contribution in [-0.2, 0) is 76.4 Å². The summed E-state index contributed by atoms with van der Waals surface area (Å²) < 4.78 is 21.2. The summed E-state index contributed by atoms with van der Waals surface area (Å²) in [5.74, 6) is -5.23. The quantitative estimate of drug-likeness (QED) is 0.0131. The Morgan fingerprint density at radius 1 is 0.590 bits per heavy atom. The number of aliphatic carboxylic acids is 6. The summed E-state index contributed by atoms with van der Waals surface area (Å²) in [7, 11) is 0.